The SMILES string of the molecule is COc1nn(C)c2nc(C)c(CCC(=O)NCCCCN3CCCC(C)C3)c(C)c12. The molecule has 3 rings (SSSR count). The molecule has 1 aliphatic rings. The van der Waals surface area contributed by atoms with Crippen LogP contribution in [0.2, 0.25) is 0 Å². The van der Waals surface area contributed by atoms with Gasteiger partial charge in [0.1, 0.15) is 0 Å². The van der Waals surface area contributed by atoms with Crippen LogP contribution in [0.15, 0.2) is 0 Å². The zero-order valence-electron chi connectivity index (χ0n) is 19.3. The highest BCUT2D eigenvalue weighted by Crippen LogP contribution is 2.30. The third kappa shape index (κ3) is 5.31. The molecular formula is C23H37N5O2. The zero-order chi connectivity index (χ0) is 21.7. The van der Waals surface area contributed by atoms with Crippen molar-refractivity contribution in [1.29, 1.82) is 0 Å². The van der Waals surface area contributed by atoms with E-state index < -0.39 is 0 Å². The van der Waals surface area contributed by atoms with Gasteiger partial charge in [0.25, 0.3) is 0 Å². The maximum Gasteiger partial charge on any atom is 0.242 e. The van der Waals surface area contributed by atoms with Gasteiger partial charge in [0.15, 0.2) is 5.65 Å². The Hall–Kier alpha value is -2.15. The number of rotatable bonds is 9. The van der Waals surface area contributed by atoms with E-state index in [-0.39, 0.29) is 5.91 Å². The van der Waals surface area contributed by atoms with Gasteiger partial charge in [0, 0.05) is 32.3 Å². The summed E-state index contributed by atoms with van der Waals surface area (Å²) in [6, 6.07) is 0. The maximum absolute atomic E-state index is 12.4. The Morgan fingerprint density at radius 2 is 2.10 bits per heavy atom. The molecule has 7 heteroatoms. The highest BCUT2D eigenvalue weighted by molar-refractivity contribution is 5.86. The molecule has 1 unspecified atom stereocenters. The summed E-state index contributed by atoms with van der Waals surface area (Å²) < 4.78 is 7.17. The van der Waals surface area contributed by atoms with Gasteiger partial charge < -0.3 is 15.0 Å². The van der Waals surface area contributed by atoms with E-state index in [1.54, 1.807) is 11.8 Å². The molecule has 0 aliphatic carbocycles. The van der Waals surface area contributed by atoms with Gasteiger partial charge in [-0.25, -0.2) is 9.67 Å². The smallest absolute Gasteiger partial charge is 0.242 e. The molecule has 2 aromatic rings. The number of aromatic nitrogens is 3. The van der Waals surface area contributed by atoms with Gasteiger partial charge in [-0.3, -0.25) is 4.79 Å². The van der Waals surface area contributed by atoms with Crippen LogP contribution in [0, 0.1) is 19.8 Å². The van der Waals surface area contributed by atoms with Crippen LogP contribution in [0.5, 0.6) is 5.88 Å². The first-order valence-electron chi connectivity index (χ1n) is 11.3. The van der Waals surface area contributed by atoms with Crippen molar-refractivity contribution < 1.29 is 9.53 Å². The first-order valence-corrected chi connectivity index (χ1v) is 11.3. The molecule has 3 heterocycles. The summed E-state index contributed by atoms with van der Waals surface area (Å²) in [5.74, 6) is 1.52. The highest BCUT2D eigenvalue weighted by Gasteiger charge is 2.18. The fourth-order valence-electron chi connectivity index (χ4n) is 4.61. The lowest BCUT2D eigenvalue weighted by Crippen LogP contribution is -2.35. The van der Waals surface area contributed by atoms with Crippen molar-refractivity contribution in [3.63, 3.8) is 0 Å². The molecule has 0 aromatic carbocycles. The van der Waals surface area contributed by atoms with Crippen LogP contribution in [0.25, 0.3) is 11.0 Å². The number of fused-ring (bicyclic) bond motifs is 1. The molecule has 0 saturated carbocycles. The Morgan fingerprint density at radius 3 is 2.83 bits per heavy atom. The first-order chi connectivity index (χ1) is 14.4. The minimum Gasteiger partial charge on any atom is -0.479 e. The summed E-state index contributed by atoms with van der Waals surface area (Å²) >= 11 is 0. The third-order valence-electron chi connectivity index (χ3n) is 6.28. The zero-order valence-corrected chi connectivity index (χ0v) is 19.3. The van der Waals surface area contributed by atoms with Gasteiger partial charge in [-0.15, -0.1) is 5.10 Å². The number of nitrogens with one attached hydrogen (secondary N) is 1. The number of carbonyl (C=O) groups excluding carboxylic acids is 1. The van der Waals surface area contributed by atoms with Crippen molar-refractivity contribution in [3.8, 4) is 5.88 Å². The van der Waals surface area contributed by atoms with Gasteiger partial charge in [0.2, 0.25) is 11.8 Å². The quantitative estimate of drug-likeness (QED) is 0.637. The minimum atomic E-state index is 0.110. The largest absolute Gasteiger partial charge is 0.479 e. The standard InChI is InChI=1S/C23H37N5O2/c1-16-9-8-14-28(15-16)13-7-6-12-24-20(29)11-10-19-17(2)21-22(25-18(19)3)27(4)26-23(21)30-5/h16H,6-15H2,1-5H3,(H,24,29). The second-order valence-electron chi connectivity index (χ2n) is 8.74. The van der Waals surface area contributed by atoms with Crippen molar-refractivity contribution in [1.82, 2.24) is 25.0 Å². The van der Waals surface area contributed by atoms with E-state index in [0.29, 0.717) is 18.7 Å². The number of likely N-dealkylation sites (tertiary alicyclic amines) is 1. The van der Waals surface area contributed by atoms with Crippen molar-refractivity contribution in [2.75, 3.05) is 33.3 Å². The lowest BCUT2D eigenvalue weighted by Gasteiger charge is -2.30. The number of unbranched alkanes of at least 4 members (excludes halogenated alkanes) is 1. The average molecular weight is 416 g/mol. The number of carbonyl (C=O) groups is 1. The van der Waals surface area contributed by atoms with Gasteiger partial charge in [-0.2, -0.15) is 0 Å². The minimum absolute atomic E-state index is 0.110. The fourth-order valence-corrected chi connectivity index (χ4v) is 4.61. The predicted octanol–water partition coefficient (Wildman–Crippen LogP) is 3.15. The van der Waals surface area contributed by atoms with Crippen LogP contribution in [0.1, 0.15) is 55.8 Å². The molecule has 166 valence electrons. The number of hydrogen-bond acceptors (Lipinski definition) is 5. The van der Waals surface area contributed by atoms with Crippen LogP contribution in [0.3, 0.4) is 0 Å². The molecule has 0 bridgehead atoms. The van der Waals surface area contributed by atoms with Crippen molar-refractivity contribution in [2.45, 2.75) is 59.3 Å². The topological polar surface area (TPSA) is 72.3 Å². The molecule has 7 nitrogen and oxygen atoms in total. The second-order valence-corrected chi connectivity index (χ2v) is 8.74. The van der Waals surface area contributed by atoms with Gasteiger partial charge in [0.05, 0.1) is 12.5 Å². The third-order valence-corrected chi connectivity index (χ3v) is 6.28. The van der Waals surface area contributed by atoms with Crippen LogP contribution in [0.4, 0.5) is 0 Å². The molecule has 2 aromatic heterocycles. The summed E-state index contributed by atoms with van der Waals surface area (Å²) in [4.78, 5) is 19.6. The van der Waals surface area contributed by atoms with Gasteiger partial charge in [-0.1, -0.05) is 6.92 Å². The second kappa shape index (κ2) is 10.2. The average Bonchev–Trinajstić information content (AvgIpc) is 3.03. The normalized spacial score (nSPS) is 17.4. The van der Waals surface area contributed by atoms with E-state index in [1.165, 1.54) is 25.9 Å². The highest BCUT2D eigenvalue weighted by atomic mass is 16.5. The molecule has 1 aliphatic heterocycles. The van der Waals surface area contributed by atoms with E-state index >= 15 is 0 Å². The van der Waals surface area contributed by atoms with Crippen molar-refractivity contribution >= 4 is 16.9 Å². The van der Waals surface area contributed by atoms with Crippen LogP contribution in [-0.2, 0) is 18.3 Å². The van der Waals surface area contributed by atoms with Crippen LogP contribution >= 0.6 is 0 Å². The van der Waals surface area contributed by atoms with Gasteiger partial charge >= 0.3 is 0 Å². The van der Waals surface area contributed by atoms with Crippen molar-refractivity contribution in [3.05, 3.63) is 16.8 Å². The fraction of sp³-hybridized carbons (Fsp3) is 0.696. The number of nitrogens with zero attached hydrogens (tertiary/aromatic N) is 4. The monoisotopic (exact) mass is 415 g/mol. The summed E-state index contributed by atoms with van der Waals surface area (Å²) in [6.07, 6.45) is 6.02. The maximum atomic E-state index is 12.4. The van der Waals surface area contributed by atoms with E-state index in [0.717, 1.165) is 59.7 Å². The predicted molar refractivity (Wildman–Crippen MR) is 120 cm³/mol. The van der Waals surface area contributed by atoms with Gasteiger partial charge in [-0.05, 0) is 76.1 Å². The Bertz CT molecular complexity index is 876. The molecule has 1 atom stereocenters. The molecule has 1 saturated heterocycles. The lowest BCUT2D eigenvalue weighted by molar-refractivity contribution is -0.121. The summed E-state index contributed by atoms with van der Waals surface area (Å²) in [5.41, 5.74) is 3.99. The van der Waals surface area contributed by atoms with Crippen LogP contribution < -0.4 is 10.1 Å². The number of ether oxygens (including phenoxy) is 1. The van der Waals surface area contributed by atoms with E-state index in [4.69, 9.17) is 9.72 Å². The number of methoxy groups -OCH3 is 1. The number of aryl methyl sites for hydroxylation is 3. The molecule has 0 spiro atoms. The molecule has 30 heavy (non-hydrogen) atoms. The van der Waals surface area contributed by atoms with E-state index in [1.807, 2.05) is 14.0 Å². The summed E-state index contributed by atoms with van der Waals surface area (Å²) in [5, 5.41) is 8.41. The summed E-state index contributed by atoms with van der Waals surface area (Å²) in [6.45, 7) is 10.8. The number of amides is 1. The Balaban J connectivity index is 1.46. The summed E-state index contributed by atoms with van der Waals surface area (Å²) in [7, 11) is 3.50. The van der Waals surface area contributed by atoms with Crippen molar-refractivity contribution in [2.24, 2.45) is 13.0 Å². The van der Waals surface area contributed by atoms with E-state index in [2.05, 4.69) is 29.2 Å². The molecule has 1 N–H and O–H groups in total. The number of piperidine rings is 1. The molecule has 0 radical (unpaired) electrons. The number of pyridine rings is 1. The van der Waals surface area contributed by atoms with Crippen LogP contribution in [-0.4, -0.2) is 58.9 Å². The molecule has 1 fully saturated rings. The van der Waals surface area contributed by atoms with E-state index in [9.17, 15) is 4.79 Å². The lowest BCUT2D eigenvalue weighted by atomic mass is 10.00. The first kappa shape index (κ1) is 22.5. The molecule has 1 amide bonds. The Labute approximate surface area is 180 Å². The Morgan fingerprint density at radius 1 is 1.30 bits per heavy atom. The Kier molecular flexibility index (Phi) is 7.69. The number of hydrogen-bond donors (Lipinski definition) is 1. The molecular weight excluding hydrogens is 378 g/mol.